The van der Waals surface area contributed by atoms with Gasteiger partial charge >= 0.3 is 0 Å². The summed E-state index contributed by atoms with van der Waals surface area (Å²) in [6, 6.07) is 12.9. The van der Waals surface area contributed by atoms with E-state index in [0.29, 0.717) is 5.69 Å². The highest BCUT2D eigenvalue weighted by molar-refractivity contribution is 7.90. The molecule has 0 aliphatic heterocycles. The second kappa shape index (κ2) is 8.27. The van der Waals surface area contributed by atoms with Gasteiger partial charge in [0.15, 0.2) is 15.6 Å². The number of sulfone groups is 1. The molecule has 2 aromatic carbocycles. The van der Waals surface area contributed by atoms with E-state index in [9.17, 15) is 22.4 Å². The smallest absolute Gasteiger partial charge is 0.291 e. The first-order valence-corrected chi connectivity index (χ1v) is 10.1. The highest BCUT2D eigenvalue weighted by Gasteiger charge is 2.23. The first kappa shape index (κ1) is 20.3. The molecule has 0 radical (unpaired) electrons. The standard InChI is InChI=1S/C20H17FN2O5S/c1-13(24)22-15-7-8-17(21)18(11-15)23-20(25)19-14(9-10-28-19)12-29(26,27)16-5-3-2-4-6-16/h2-11H,12H2,1H3,(H,22,24)(H,23,25). The highest BCUT2D eigenvalue weighted by Crippen LogP contribution is 2.23. The van der Waals surface area contributed by atoms with E-state index in [0.717, 1.165) is 6.07 Å². The molecule has 1 aromatic heterocycles. The largest absolute Gasteiger partial charge is 0.459 e. The Balaban J connectivity index is 1.82. The summed E-state index contributed by atoms with van der Waals surface area (Å²) in [5.41, 5.74) is 0.250. The Morgan fingerprint density at radius 3 is 2.45 bits per heavy atom. The van der Waals surface area contributed by atoms with E-state index in [1.54, 1.807) is 18.2 Å². The van der Waals surface area contributed by atoms with Crippen molar-refractivity contribution >= 4 is 33.0 Å². The molecule has 0 saturated heterocycles. The van der Waals surface area contributed by atoms with Gasteiger partial charge in [-0.05, 0) is 36.4 Å². The summed E-state index contributed by atoms with van der Waals surface area (Å²) in [6.45, 7) is 1.30. The molecule has 0 unspecified atom stereocenters. The summed E-state index contributed by atoms with van der Waals surface area (Å²) in [4.78, 5) is 23.8. The molecule has 7 nitrogen and oxygen atoms in total. The Kier molecular flexibility index (Phi) is 5.79. The van der Waals surface area contributed by atoms with Gasteiger partial charge in [0.05, 0.1) is 22.6 Å². The van der Waals surface area contributed by atoms with Crippen molar-refractivity contribution in [3.05, 3.63) is 78.0 Å². The van der Waals surface area contributed by atoms with Crippen LogP contribution in [0.3, 0.4) is 0 Å². The minimum Gasteiger partial charge on any atom is -0.459 e. The number of carbonyl (C=O) groups is 2. The number of rotatable bonds is 6. The van der Waals surface area contributed by atoms with E-state index < -0.39 is 27.3 Å². The number of nitrogens with one attached hydrogen (secondary N) is 2. The lowest BCUT2D eigenvalue weighted by atomic mass is 10.2. The lowest BCUT2D eigenvalue weighted by Crippen LogP contribution is -2.16. The third kappa shape index (κ3) is 4.88. The van der Waals surface area contributed by atoms with Crippen LogP contribution in [0.1, 0.15) is 23.0 Å². The molecule has 3 aromatic rings. The van der Waals surface area contributed by atoms with Crippen molar-refractivity contribution in [1.82, 2.24) is 0 Å². The van der Waals surface area contributed by atoms with Crippen LogP contribution in [-0.2, 0) is 20.4 Å². The van der Waals surface area contributed by atoms with E-state index in [1.807, 2.05) is 0 Å². The Bertz CT molecular complexity index is 1160. The summed E-state index contributed by atoms with van der Waals surface area (Å²) in [7, 11) is -3.70. The van der Waals surface area contributed by atoms with Gasteiger partial charge in [0, 0.05) is 18.2 Å². The average molecular weight is 416 g/mol. The van der Waals surface area contributed by atoms with Crippen molar-refractivity contribution in [3.63, 3.8) is 0 Å². The van der Waals surface area contributed by atoms with Gasteiger partial charge in [-0.25, -0.2) is 12.8 Å². The molecule has 29 heavy (non-hydrogen) atoms. The second-order valence-electron chi connectivity index (χ2n) is 6.18. The molecule has 0 aliphatic rings. The Labute approximate surface area is 166 Å². The summed E-state index contributed by atoms with van der Waals surface area (Å²) < 4.78 is 44.3. The average Bonchev–Trinajstić information content (AvgIpc) is 3.12. The highest BCUT2D eigenvalue weighted by atomic mass is 32.2. The van der Waals surface area contributed by atoms with Crippen LogP contribution in [0.4, 0.5) is 15.8 Å². The van der Waals surface area contributed by atoms with E-state index in [4.69, 9.17) is 4.42 Å². The zero-order valence-corrected chi connectivity index (χ0v) is 16.1. The molecule has 0 aliphatic carbocycles. The van der Waals surface area contributed by atoms with E-state index in [-0.39, 0.29) is 27.8 Å². The number of hydrogen-bond donors (Lipinski definition) is 2. The fourth-order valence-corrected chi connectivity index (χ4v) is 4.02. The van der Waals surface area contributed by atoms with E-state index >= 15 is 0 Å². The Morgan fingerprint density at radius 2 is 1.76 bits per heavy atom. The van der Waals surface area contributed by atoms with Gasteiger partial charge in [-0.15, -0.1) is 0 Å². The summed E-state index contributed by atoms with van der Waals surface area (Å²) in [6.07, 6.45) is 1.19. The van der Waals surface area contributed by atoms with Crippen LogP contribution in [0.5, 0.6) is 0 Å². The first-order valence-electron chi connectivity index (χ1n) is 8.49. The molecule has 3 rings (SSSR count). The number of carbonyl (C=O) groups excluding carboxylic acids is 2. The molecular formula is C20H17FN2O5S. The van der Waals surface area contributed by atoms with Crippen LogP contribution < -0.4 is 10.6 Å². The topological polar surface area (TPSA) is 105 Å². The third-order valence-corrected chi connectivity index (χ3v) is 5.62. The molecule has 2 N–H and O–H groups in total. The van der Waals surface area contributed by atoms with Crippen LogP contribution in [0.2, 0.25) is 0 Å². The fraction of sp³-hybridized carbons (Fsp3) is 0.100. The predicted molar refractivity (Wildman–Crippen MR) is 105 cm³/mol. The number of anilines is 2. The third-order valence-electron chi connectivity index (χ3n) is 3.94. The van der Waals surface area contributed by atoms with Gasteiger partial charge < -0.3 is 15.1 Å². The van der Waals surface area contributed by atoms with Gasteiger partial charge in [-0.3, -0.25) is 9.59 Å². The Hall–Kier alpha value is -3.46. The van der Waals surface area contributed by atoms with Gasteiger partial charge in [0.25, 0.3) is 5.91 Å². The number of hydrogen-bond acceptors (Lipinski definition) is 5. The maximum absolute atomic E-state index is 14.0. The molecular weight excluding hydrogens is 399 g/mol. The van der Waals surface area contributed by atoms with Crippen molar-refractivity contribution in [2.24, 2.45) is 0 Å². The normalized spacial score (nSPS) is 11.1. The van der Waals surface area contributed by atoms with Gasteiger partial charge in [0.2, 0.25) is 5.91 Å². The number of amides is 2. The van der Waals surface area contributed by atoms with Crippen molar-refractivity contribution in [2.45, 2.75) is 17.6 Å². The summed E-state index contributed by atoms with van der Waals surface area (Å²) in [5.74, 6) is -2.59. The molecule has 2 amide bonds. The van der Waals surface area contributed by atoms with Crippen molar-refractivity contribution in [1.29, 1.82) is 0 Å². The van der Waals surface area contributed by atoms with Crippen LogP contribution in [0.15, 0.2) is 70.2 Å². The van der Waals surface area contributed by atoms with E-state index in [2.05, 4.69) is 10.6 Å². The maximum Gasteiger partial charge on any atom is 0.291 e. The van der Waals surface area contributed by atoms with Crippen LogP contribution in [0.25, 0.3) is 0 Å². The molecule has 0 atom stereocenters. The van der Waals surface area contributed by atoms with Gasteiger partial charge in [0.1, 0.15) is 5.82 Å². The zero-order chi connectivity index (χ0) is 21.0. The van der Waals surface area contributed by atoms with Gasteiger partial charge in [-0.2, -0.15) is 0 Å². The summed E-state index contributed by atoms with van der Waals surface area (Å²) in [5, 5.41) is 4.82. The van der Waals surface area contributed by atoms with Gasteiger partial charge in [-0.1, -0.05) is 18.2 Å². The quantitative estimate of drug-likeness (QED) is 0.639. The summed E-state index contributed by atoms with van der Waals surface area (Å²) >= 11 is 0. The maximum atomic E-state index is 14.0. The van der Waals surface area contributed by atoms with Crippen molar-refractivity contribution in [2.75, 3.05) is 10.6 Å². The number of halogens is 1. The van der Waals surface area contributed by atoms with Crippen LogP contribution in [-0.4, -0.2) is 20.2 Å². The van der Waals surface area contributed by atoms with Crippen LogP contribution in [0, 0.1) is 5.82 Å². The minimum atomic E-state index is -3.70. The number of benzene rings is 2. The predicted octanol–water partition coefficient (Wildman–Crippen LogP) is 3.60. The lowest BCUT2D eigenvalue weighted by molar-refractivity contribution is -0.114. The lowest BCUT2D eigenvalue weighted by Gasteiger charge is -2.09. The molecule has 9 heteroatoms. The van der Waals surface area contributed by atoms with Crippen molar-refractivity contribution in [3.8, 4) is 0 Å². The second-order valence-corrected chi connectivity index (χ2v) is 8.17. The van der Waals surface area contributed by atoms with E-state index in [1.165, 1.54) is 43.5 Å². The number of furan rings is 1. The zero-order valence-electron chi connectivity index (χ0n) is 15.3. The monoisotopic (exact) mass is 416 g/mol. The molecule has 0 saturated carbocycles. The van der Waals surface area contributed by atoms with Crippen LogP contribution >= 0.6 is 0 Å². The first-order chi connectivity index (χ1) is 13.8. The molecule has 0 spiro atoms. The fourth-order valence-electron chi connectivity index (χ4n) is 2.65. The molecule has 0 fully saturated rings. The molecule has 1 heterocycles. The molecule has 150 valence electrons. The van der Waals surface area contributed by atoms with Crippen molar-refractivity contribution < 1.29 is 26.8 Å². The SMILES string of the molecule is CC(=O)Nc1ccc(F)c(NC(=O)c2occc2CS(=O)(=O)c2ccccc2)c1. The molecule has 0 bridgehead atoms. The Morgan fingerprint density at radius 1 is 1.03 bits per heavy atom. The minimum absolute atomic E-state index is 0.113.